The van der Waals surface area contributed by atoms with Gasteiger partial charge in [0, 0.05) is 19.4 Å². The summed E-state index contributed by atoms with van der Waals surface area (Å²) in [5.41, 5.74) is -1.29. The number of methoxy groups -OCH3 is 1. The number of hydrogen-bond acceptors (Lipinski definition) is 7. The molecule has 0 aliphatic heterocycles. The first-order valence-electron chi connectivity index (χ1n) is 8.91. The molecule has 166 valence electrons. The Morgan fingerprint density at radius 3 is 2.41 bits per heavy atom. The average molecular weight is 456 g/mol. The van der Waals surface area contributed by atoms with Crippen LogP contribution >= 0.6 is 15.4 Å². The van der Waals surface area contributed by atoms with Gasteiger partial charge in [0.2, 0.25) is 0 Å². The number of H-pyrrole nitrogens is 1. The van der Waals surface area contributed by atoms with Crippen molar-refractivity contribution < 1.29 is 37.6 Å². The van der Waals surface area contributed by atoms with E-state index in [2.05, 4.69) is 4.98 Å². The minimum atomic E-state index is -4.51. The SMILES string of the molecule is CO[C@@H]1[C@H](OP(=O)(O)OC(C)C)[C@@H](CCP(=O)(O)O)C[C@@H]1n1ccc(=O)[nH]c1=O. The molecular formula is C15H26N2O10P2. The van der Waals surface area contributed by atoms with Crippen LogP contribution in [0.15, 0.2) is 21.9 Å². The molecule has 0 bridgehead atoms. The minimum Gasteiger partial charge on any atom is -0.377 e. The van der Waals surface area contributed by atoms with Crippen molar-refractivity contribution in [1.82, 2.24) is 9.55 Å². The van der Waals surface area contributed by atoms with Gasteiger partial charge in [0.25, 0.3) is 5.56 Å². The molecule has 29 heavy (non-hydrogen) atoms. The fourth-order valence-electron chi connectivity index (χ4n) is 3.52. The quantitative estimate of drug-likeness (QED) is 0.385. The molecule has 5 atom stereocenters. The molecule has 14 heteroatoms. The third-order valence-electron chi connectivity index (χ3n) is 4.58. The van der Waals surface area contributed by atoms with Crippen molar-refractivity contribution in [2.75, 3.05) is 13.3 Å². The number of nitrogens with one attached hydrogen (secondary N) is 1. The maximum atomic E-state index is 12.3. The Bertz CT molecular complexity index is 907. The van der Waals surface area contributed by atoms with Crippen molar-refractivity contribution in [3.63, 3.8) is 0 Å². The van der Waals surface area contributed by atoms with Gasteiger partial charge in [-0.15, -0.1) is 0 Å². The second kappa shape index (κ2) is 9.36. The van der Waals surface area contributed by atoms with Gasteiger partial charge in [-0.1, -0.05) is 0 Å². The molecule has 0 amide bonds. The Morgan fingerprint density at radius 2 is 1.90 bits per heavy atom. The van der Waals surface area contributed by atoms with Crippen molar-refractivity contribution in [2.24, 2.45) is 5.92 Å². The summed E-state index contributed by atoms with van der Waals surface area (Å²) >= 11 is 0. The standard InChI is InChI=1S/C15H26N2O10P2/c1-9(2)26-29(23,24)27-13-10(5-7-28(20,21)22)8-11(14(13)25-3)17-6-4-12(18)16-15(17)19/h4,6,9-11,13-14H,5,7-8H2,1-3H3,(H,23,24)(H,16,18,19)(H2,20,21,22)/t10-,11-,13+,14-/m0/s1. The van der Waals surface area contributed by atoms with Crippen LogP contribution in [-0.4, -0.2) is 55.8 Å². The number of ether oxygens (including phenoxy) is 1. The first kappa shape index (κ1) is 24.2. The molecule has 1 heterocycles. The highest BCUT2D eigenvalue weighted by atomic mass is 31.2. The first-order valence-corrected chi connectivity index (χ1v) is 12.2. The molecule has 1 aromatic rings. The van der Waals surface area contributed by atoms with Crippen LogP contribution in [0, 0.1) is 5.92 Å². The Hall–Kier alpha value is -1.10. The van der Waals surface area contributed by atoms with E-state index in [-0.39, 0.29) is 12.8 Å². The monoisotopic (exact) mass is 456 g/mol. The van der Waals surface area contributed by atoms with E-state index < -0.39 is 63.1 Å². The predicted molar refractivity (Wildman–Crippen MR) is 102 cm³/mol. The summed E-state index contributed by atoms with van der Waals surface area (Å²) in [5.74, 6) is -0.618. The second-order valence-corrected chi connectivity index (χ2v) is 10.3. The van der Waals surface area contributed by atoms with Gasteiger partial charge in [-0.3, -0.25) is 28.0 Å². The van der Waals surface area contributed by atoms with Gasteiger partial charge in [-0.2, -0.15) is 0 Å². The fourth-order valence-corrected chi connectivity index (χ4v) is 5.37. The Kier molecular flexibility index (Phi) is 7.80. The van der Waals surface area contributed by atoms with Crippen LogP contribution in [-0.2, 0) is 22.9 Å². The molecule has 0 saturated heterocycles. The smallest absolute Gasteiger partial charge is 0.377 e. The van der Waals surface area contributed by atoms with Crippen molar-refractivity contribution in [3.05, 3.63) is 33.1 Å². The number of phosphoric ester groups is 1. The normalized spacial score (nSPS) is 27.3. The maximum Gasteiger partial charge on any atom is 0.472 e. The van der Waals surface area contributed by atoms with Crippen LogP contribution in [0.4, 0.5) is 0 Å². The molecule has 4 N–H and O–H groups in total. The number of phosphoric acid groups is 1. The van der Waals surface area contributed by atoms with E-state index in [0.717, 1.165) is 6.07 Å². The lowest BCUT2D eigenvalue weighted by Crippen LogP contribution is -2.38. The highest BCUT2D eigenvalue weighted by Gasteiger charge is 2.49. The Labute approximate surface area is 166 Å². The van der Waals surface area contributed by atoms with Crippen LogP contribution in [0.2, 0.25) is 0 Å². The van der Waals surface area contributed by atoms with Crippen LogP contribution in [0.1, 0.15) is 32.7 Å². The highest BCUT2D eigenvalue weighted by Crippen LogP contribution is 2.52. The van der Waals surface area contributed by atoms with Gasteiger partial charge in [-0.05, 0) is 32.6 Å². The number of hydrogen-bond donors (Lipinski definition) is 4. The lowest BCUT2D eigenvalue weighted by molar-refractivity contribution is -0.0299. The van der Waals surface area contributed by atoms with Gasteiger partial charge in [0.05, 0.1) is 18.3 Å². The highest BCUT2D eigenvalue weighted by molar-refractivity contribution is 7.51. The summed E-state index contributed by atoms with van der Waals surface area (Å²) in [7, 11) is -7.52. The van der Waals surface area contributed by atoms with E-state index in [1.807, 2.05) is 0 Å². The van der Waals surface area contributed by atoms with E-state index in [0.29, 0.717) is 0 Å². The average Bonchev–Trinajstić information content (AvgIpc) is 2.87. The summed E-state index contributed by atoms with van der Waals surface area (Å²) in [5, 5.41) is 0. The molecule has 2 rings (SSSR count). The first-order chi connectivity index (χ1) is 13.3. The Balaban J connectivity index is 2.38. The third kappa shape index (κ3) is 6.70. The molecule has 1 unspecified atom stereocenters. The van der Waals surface area contributed by atoms with Crippen molar-refractivity contribution in [1.29, 1.82) is 0 Å². The summed E-state index contributed by atoms with van der Waals surface area (Å²) in [6, 6.07) is 0.446. The van der Waals surface area contributed by atoms with Crippen LogP contribution in [0.25, 0.3) is 0 Å². The predicted octanol–water partition coefficient (Wildman–Crippen LogP) is 0.591. The summed E-state index contributed by atoms with van der Waals surface area (Å²) in [6.07, 6.45) is -1.67. The second-order valence-electron chi connectivity index (χ2n) is 7.15. The van der Waals surface area contributed by atoms with E-state index >= 15 is 0 Å². The van der Waals surface area contributed by atoms with Crippen molar-refractivity contribution >= 4 is 15.4 Å². The zero-order valence-corrected chi connectivity index (χ0v) is 18.0. The third-order valence-corrected chi connectivity index (χ3v) is 6.62. The van der Waals surface area contributed by atoms with E-state index in [1.54, 1.807) is 13.8 Å². The molecule has 12 nitrogen and oxygen atoms in total. The molecule has 1 aliphatic rings. The Morgan fingerprint density at radius 1 is 1.24 bits per heavy atom. The lowest BCUT2D eigenvalue weighted by Gasteiger charge is -2.28. The van der Waals surface area contributed by atoms with E-state index in [4.69, 9.17) is 13.8 Å². The zero-order valence-electron chi connectivity index (χ0n) is 16.2. The summed E-state index contributed by atoms with van der Waals surface area (Å²) < 4.78 is 40.5. The molecule has 0 spiro atoms. The molecule has 0 aromatic carbocycles. The molecule has 1 aromatic heterocycles. The molecular weight excluding hydrogens is 430 g/mol. The van der Waals surface area contributed by atoms with E-state index in [9.17, 15) is 33.4 Å². The van der Waals surface area contributed by atoms with Gasteiger partial charge >= 0.3 is 21.1 Å². The molecule has 1 saturated carbocycles. The van der Waals surface area contributed by atoms with Crippen LogP contribution in [0.3, 0.4) is 0 Å². The molecule has 0 radical (unpaired) electrons. The number of nitrogens with zero attached hydrogens (tertiary/aromatic N) is 1. The summed E-state index contributed by atoms with van der Waals surface area (Å²) in [4.78, 5) is 54.1. The van der Waals surface area contributed by atoms with Gasteiger partial charge in [0.1, 0.15) is 12.2 Å². The minimum absolute atomic E-state index is 0.0366. The largest absolute Gasteiger partial charge is 0.472 e. The van der Waals surface area contributed by atoms with Gasteiger partial charge in [-0.25, -0.2) is 9.36 Å². The molecule has 1 aliphatic carbocycles. The van der Waals surface area contributed by atoms with Crippen molar-refractivity contribution in [3.8, 4) is 0 Å². The van der Waals surface area contributed by atoms with Gasteiger partial charge < -0.3 is 19.4 Å². The zero-order chi connectivity index (χ0) is 22.0. The van der Waals surface area contributed by atoms with Crippen LogP contribution in [0.5, 0.6) is 0 Å². The van der Waals surface area contributed by atoms with Crippen LogP contribution < -0.4 is 11.2 Å². The fraction of sp³-hybridized carbons (Fsp3) is 0.733. The maximum absolute atomic E-state index is 12.3. The number of aromatic amines is 1. The number of rotatable bonds is 9. The van der Waals surface area contributed by atoms with E-state index in [1.165, 1.54) is 17.9 Å². The lowest BCUT2D eigenvalue weighted by atomic mass is 10.0. The summed E-state index contributed by atoms with van der Waals surface area (Å²) in [6.45, 7) is 3.09. The number of aromatic nitrogens is 2. The molecule has 1 fully saturated rings. The topological polar surface area (TPSA) is 177 Å². The van der Waals surface area contributed by atoms with Gasteiger partial charge in [0.15, 0.2) is 0 Å². The van der Waals surface area contributed by atoms with Crippen molar-refractivity contribution in [2.45, 2.75) is 51.0 Å².